The maximum Gasteiger partial charge on any atom is 0.156 e. The lowest BCUT2D eigenvalue weighted by molar-refractivity contribution is 0.582. The first-order chi connectivity index (χ1) is 7.95. The van der Waals surface area contributed by atoms with Crippen molar-refractivity contribution in [1.82, 2.24) is 15.2 Å². The molecule has 0 radical (unpaired) electrons. The lowest BCUT2D eigenvalue weighted by atomic mass is 10.1. The molecule has 3 rings (SSSR count). The first-order valence-electron chi connectivity index (χ1n) is 4.94. The van der Waals surface area contributed by atoms with Crippen molar-refractivity contribution in [3.8, 4) is 22.7 Å². The molecule has 0 aliphatic carbocycles. The summed E-state index contributed by atoms with van der Waals surface area (Å²) in [6, 6.07) is 11.7. The molecule has 0 aliphatic rings. The third-order valence-electron chi connectivity index (χ3n) is 2.38. The Balaban J connectivity index is 2.19. The van der Waals surface area contributed by atoms with Crippen molar-refractivity contribution >= 4 is 0 Å². The molecule has 4 nitrogen and oxygen atoms in total. The van der Waals surface area contributed by atoms with Crippen LogP contribution in [0.4, 0.5) is 0 Å². The van der Waals surface area contributed by atoms with Gasteiger partial charge in [-0.05, 0) is 12.1 Å². The van der Waals surface area contributed by atoms with Crippen LogP contribution in [0.3, 0.4) is 0 Å². The fraction of sp³-hybridized carbons (Fsp3) is 0. The minimum atomic E-state index is 0.743. The van der Waals surface area contributed by atoms with E-state index in [1.807, 2.05) is 36.4 Å². The standard InChI is InChI=1S/C12H9N3O/c1-2-5-10(12-13-8-14-15-12)9(4-1)11-6-3-7-16-11/h1-8H,(H,13,14,15). The summed E-state index contributed by atoms with van der Waals surface area (Å²) in [5.41, 5.74) is 1.99. The predicted octanol–water partition coefficient (Wildman–Crippen LogP) is 2.73. The predicted molar refractivity (Wildman–Crippen MR) is 59.5 cm³/mol. The zero-order valence-corrected chi connectivity index (χ0v) is 8.42. The Bertz CT molecular complexity index is 517. The van der Waals surface area contributed by atoms with Crippen molar-refractivity contribution in [3.63, 3.8) is 0 Å². The molecule has 0 aliphatic heterocycles. The van der Waals surface area contributed by atoms with Crippen LogP contribution in [0.25, 0.3) is 22.7 Å². The fourth-order valence-corrected chi connectivity index (χ4v) is 1.67. The Morgan fingerprint density at radius 1 is 1.00 bits per heavy atom. The lowest BCUT2D eigenvalue weighted by Gasteiger charge is -2.03. The van der Waals surface area contributed by atoms with Crippen molar-refractivity contribution in [2.24, 2.45) is 0 Å². The highest BCUT2D eigenvalue weighted by molar-refractivity contribution is 5.77. The third kappa shape index (κ3) is 1.40. The van der Waals surface area contributed by atoms with Crippen LogP contribution in [-0.4, -0.2) is 15.2 Å². The number of H-pyrrole nitrogens is 1. The molecule has 0 bridgehead atoms. The second-order valence-electron chi connectivity index (χ2n) is 3.36. The van der Waals surface area contributed by atoms with Crippen molar-refractivity contribution in [2.75, 3.05) is 0 Å². The SMILES string of the molecule is c1coc(-c2ccccc2-c2ncn[nH]2)c1. The normalized spacial score (nSPS) is 10.5. The number of aromatic amines is 1. The molecule has 4 heteroatoms. The zero-order chi connectivity index (χ0) is 10.8. The smallest absolute Gasteiger partial charge is 0.156 e. The second kappa shape index (κ2) is 3.66. The summed E-state index contributed by atoms with van der Waals surface area (Å²) in [6.07, 6.45) is 3.15. The summed E-state index contributed by atoms with van der Waals surface area (Å²) >= 11 is 0. The van der Waals surface area contributed by atoms with E-state index in [0.717, 1.165) is 22.7 Å². The van der Waals surface area contributed by atoms with Crippen molar-refractivity contribution in [3.05, 3.63) is 49.0 Å². The Morgan fingerprint density at radius 2 is 1.88 bits per heavy atom. The maximum atomic E-state index is 5.40. The van der Waals surface area contributed by atoms with E-state index in [1.165, 1.54) is 6.33 Å². The average molecular weight is 211 g/mol. The van der Waals surface area contributed by atoms with Crippen molar-refractivity contribution in [2.45, 2.75) is 0 Å². The minimum Gasteiger partial charge on any atom is -0.464 e. The van der Waals surface area contributed by atoms with Crippen LogP contribution in [0.2, 0.25) is 0 Å². The molecule has 0 saturated heterocycles. The molecule has 3 aromatic rings. The highest BCUT2D eigenvalue weighted by Crippen LogP contribution is 2.29. The topological polar surface area (TPSA) is 54.7 Å². The first kappa shape index (κ1) is 8.91. The Hall–Kier alpha value is -2.36. The fourth-order valence-electron chi connectivity index (χ4n) is 1.67. The lowest BCUT2D eigenvalue weighted by Crippen LogP contribution is -1.85. The van der Waals surface area contributed by atoms with Gasteiger partial charge in [0.1, 0.15) is 12.1 Å². The molecule has 2 heterocycles. The van der Waals surface area contributed by atoms with Crippen LogP contribution in [0.1, 0.15) is 0 Å². The van der Waals surface area contributed by atoms with Gasteiger partial charge >= 0.3 is 0 Å². The number of benzene rings is 1. The van der Waals surface area contributed by atoms with Gasteiger partial charge in [-0.3, -0.25) is 5.10 Å². The molecule has 0 unspecified atom stereocenters. The number of aromatic nitrogens is 3. The molecule has 0 fully saturated rings. The van der Waals surface area contributed by atoms with Crippen LogP contribution < -0.4 is 0 Å². The molecular weight excluding hydrogens is 202 g/mol. The zero-order valence-electron chi connectivity index (χ0n) is 8.42. The number of hydrogen-bond donors (Lipinski definition) is 1. The van der Waals surface area contributed by atoms with Crippen LogP contribution in [0.15, 0.2) is 53.4 Å². The summed E-state index contributed by atoms with van der Waals surface area (Å²) in [7, 11) is 0. The molecule has 78 valence electrons. The Morgan fingerprint density at radius 3 is 2.56 bits per heavy atom. The van der Waals surface area contributed by atoms with Gasteiger partial charge in [0.05, 0.1) is 6.26 Å². The van der Waals surface area contributed by atoms with Gasteiger partial charge in [-0.25, -0.2) is 4.98 Å². The van der Waals surface area contributed by atoms with E-state index in [0.29, 0.717) is 0 Å². The monoisotopic (exact) mass is 211 g/mol. The highest BCUT2D eigenvalue weighted by atomic mass is 16.3. The average Bonchev–Trinajstić information content (AvgIpc) is 3.03. The van der Waals surface area contributed by atoms with E-state index in [9.17, 15) is 0 Å². The van der Waals surface area contributed by atoms with Crippen molar-refractivity contribution in [1.29, 1.82) is 0 Å². The number of nitrogens with zero attached hydrogens (tertiary/aromatic N) is 2. The van der Waals surface area contributed by atoms with Gasteiger partial charge in [0.15, 0.2) is 5.82 Å². The molecule has 1 aromatic carbocycles. The summed E-state index contributed by atoms with van der Waals surface area (Å²) in [6.45, 7) is 0. The number of furan rings is 1. The summed E-state index contributed by atoms with van der Waals surface area (Å²) in [5.74, 6) is 1.57. The van der Waals surface area contributed by atoms with Crippen LogP contribution >= 0.6 is 0 Å². The molecule has 0 amide bonds. The van der Waals surface area contributed by atoms with Crippen LogP contribution in [0.5, 0.6) is 0 Å². The first-order valence-corrected chi connectivity index (χ1v) is 4.94. The van der Waals surface area contributed by atoms with Gasteiger partial charge in [-0.2, -0.15) is 5.10 Å². The summed E-state index contributed by atoms with van der Waals surface area (Å²) in [4.78, 5) is 4.15. The maximum absolute atomic E-state index is 5.40. The number of nitrogens with one attached hydrogen (secondary N) is 1. The summed E-state index contributed by atoms with van der Waals surface area (Å²) < 4.78 is 5.40. The van der Waals surface area contributed by atoms with E-state index < -0.39 is 0 Å². The molecule has 0 saturated carbocycles. The van der Waals surface area contributed by atoms with Gasteiger partial charge in [-0.1, -0.05) is 24.3 Å². The molecular formula is C12H9N3O. The highest BCUT2D eigenvalue weighted by Gasteiger charge is 2.10. The minimum absolute atomic E-state index is 0.743. The quantitative estimate of drug-likeness (QED) is 0.709. The second-order valence-corrected chi connectivity index (χ2v) is 3.36. The van der Waals surface area contributed by atoms with Gasteiger partial charge < -0.3 is 4.42 Å². The molecule has 1 N–H and O–H groups in total. The van der Waals surface area contributed by atoms with Crippen LogP contribution in [-0.2, 0) is 0 Å². The molecule has 0 atom stereocenters. The van der Waals surface area contributed by atoms with E-state index >= 15 is 0 Å². The third-order valence-corrected chi connectivity index (χ3v) is 2.38. The van der Waals surface area contributed by atoms with Gasteiger partial charge in [-0.15, -0.1) is 0 Å². The van der Waals surface area contributed by atoms with Gasteiger partial charge in [0, 0.05) is 11.1 Å². The van der Waals surface area contributed by atoms with Crippen molar-refractivity contribution < 1.29 is 4.42 Å². The summed E-state index contributed by atoms with van der Waals surface area (Å²) in [5, 5.41) is 6.71. The molecule has 0 spiro atoms. The van der Waals surface area contributed by atoms with E-state index in [2.05, 4.69) is 15.2 Å². The Kier molecular flexibility index (Phi) is 2.04. The number of rotatable bonds is 2. The van der Waals surface area contributed by atoms with Gasteiger partial charge in [0.25, 0.3) is 0 Å². The number of hydrogen-bond acceptors (Lipinski definition) is 3. The van der Waals surface area contributed by atoms with Gasteiger partial charge in [0.2, 0.25) is 0 Å². The van der Waals surface area contributed by atoms with E-state index in [1.54, 1.807) is 6.26 Å². The Labute approximate surface area is 92.0 Å². The van der Waals surface area contributed by atoms with E-state index in [4.69, 9.17) is 4.42 Å². The largest absolute Gasteiger partial charge is 0.464 e. The molecule has 16 heavy (non-hydrogen) atoms. The van der Waals surface area contributed by atoms with Crippen LogP contribution in [0, 0.1) is 0 Å². The van der Waals surface area contributed by atoms with E-state index in [-0.39, 0.29) is 0 Å². The molecule has 2 aromatic heterocycles.